The van der Waals surface area contributed by atoms with Gasteiger partial charge in [-0.2, -0.15) is 5.26 Å². The second-order valence-electron chi connectivity index (χ2n) is 4.66. The lowest BCUT2D eigenvalue weighted by atomic mass is 10.2. The van der Waals surface area contributed by atoms with Crippen LogP contribution in [0.2, 0.25) is 0 Å². The summed E-state index contributed by atoms with van der Waals surface area (Å²) < 4.78 is 14.6. The number of nitriles is 1. The molecule has 0 aliphatic carbocycles. The van der Waals surface area contributed by atoms with Crippen LogP contribution in [0.15, 0.2) is 28.2 Å². The smallest absolute Gasteiger partial charge is 0.185 e. The van der Waals surface area contributed by atoms with Gasteiger partial charge < -0.3 is 9.80 Å². The summed E-state index contributed by atoms with van der Waals surface area (Å²) in [6.45, 7) is 3.08. The summed E-state index contributed by atoms with van der Waals surface area (Å²) >= 11 is 4.77. The van der Waals surface area contributed by atoms with Crippen molar-refractivity contribution < 1.29 is 4.39 Å². The van der Waals surface area contributed by atoms with Gasteiger partial charge >= 0.3 is 0 Å². The van der Waals surface area contributed by atoms with Crippen LogP contribution in [0.4, 0.5) is 15.2 Å². The standard InChI is InChI=1S/C14H12BrFN4S/c15-12-10(9-17)1-2-11(13(12)16)19-4-6-20(7-5-19)14-18-3-8-21-14/h1-3,8H,4-7H2. The van der Waals surface area contributed by atoms with Gasteiger partial charge in [-0.25, -0.2) is 9.37 Å². The highest BCUT2D eigenvalue weighted by Crippen LogP contribution is 2.30. The molecule has 0 amide bonds. The number of aromatic nitrogens is 1. The van der Waals surface area contributed by atoms with E-state index in [1.54, 1.807) is 29.7 Å². The summed E-state index contributed by atoms with van der Waals surface area (Å²) in [7, 11) is 0. The molecule has 0 atom stereocenters. The SMILES string of the molecule is N#Cc1ccc(N2CCN(c3nccs3)CC2)c(F)c1Br. The van der Waals surface area contributed by atoms with Crippen LogP contribution in [0, 0.1) is 17.1 Å². The maximum absolute atomic E-state index is 14.3. The fraction of sp³-hybridized carbons (Fsp3) is 0.286. The maximum Gasteiger partial charge on any atom is 0.185 e. The van der Waals surface area contributed by atoms with E-state index in [2.05, 4.69) is 25.8 Å². The molecule has 0 unspecified atom stereocenters. The Balaban J connectivity index is 1.76. The molecule has 108 valence electrons. The third kappa shape index (κ3) is 2.74. The zero-order valence-corrected chi connectivity index (χ0v) is 13.5. The number of thiazole rings is 1. The Labute approximate surface area is 134 Å². The van der Waals surface area contributed by atoms with Gasteiger partial charge in [0.05, 0.1) is 15.7 Å². The average Bonchev–Trinajstić information content (AvgIpc) is 3.05. The van der Waals surface area contributed by atoms with Crippen LogP contribution in [-0.2, 0) is 0 Å². The van der Waals surface area contributed by atoms with E-state index in [-0.39, 0.29) is 10.3 Å². The van der Waals surface area contributed by atoms with Crippen molar-refractivity contribution in [2.24, 2.45) is 0 Å². The Bertz CT molecular complexity index is 675. The van der Waals surface area contributed by atoms with Gasteiger partial charge in [-0.1, -0.05) is 0 Å². The van der Waals surface area contributed by atoms with Crippen LogP contribution in [0.1, 0.15) is 5.56 Å². The minimum Gasteiger partial charge on any atom is -0.366 e. The number of benzene rings is 1. The predicted molar refractivity (Wildman–Crippen MR) is 85.4 cm³/mol. The molecule has 0 N–H and O–H groups in total. The van der Waals surface area contributed by atoms with Crippen LogP contribution >= 0.6 is 27.3 Å². The van der Waals surface area contributed by atoms with Crippen molar-refractivity contribution in [3.05, 3.63) is 39.6 Å². The topological polar surface area (TPSA) is 43.2 Å². The van der Waals surface area contributed by atoms with Gasteiger partial charge in [0.25, 0.3) is 0 Å². The first-order chi connectivity index (χ1) is 10.2. The Hall–Kier alpha value is -1.65. The number of rotatable bonds is 2. The van der Waals surface area contributed by atoms with Crippen molar-refractivity contribution >= 4 is 38.1 Å². The molecule has 0 bridgehead atoms. The van der Waals surface area contributed by atoms with Crippen molar-refractivity contribution in [3.63, 3.8) is 0 Å². The molecule has 3 rings (SSSR count). The summed E-state index contributed by atoms with van der Waals surface area (Å²) in [5.74, 6) is -0.364. The van der Waals surface area contributed by atoms with Gasteiger partial charge in [0, 0.05) is 37.8 Å². The van der Waals surface area contributed by atoms with E-state index in [1.807, 2.05) is 16.3 Å². The molecule has 7 heteroatoms. The van der Waals surface area contributed by atoms with E-state index in [9.17, 15) is 4.39 Å². The minimum absolute atomic E-state index is 0.241. The van der Waals surface area contributed by atoms with E-state index >= 15 is 0 Å². The van der Waals surface area contributed by atoms with Crippen LogP contribution in [0.3, 0.4) is 0 Å². The van der Waals surface area contributed by atoms with Crippen LogP contribution in [-0.4, -0.2) is 31.2 Å². The van der Waals surface area contributed by atoms with Gasteiger partial charge in [0.1, 0.15) is 6.07 Å². The molecule has 1 aliphatic heterocycles. The molecule has 1 saturated heterocycles. The fourth-order valence-electron chi connectivity index (χ4n) is 2.38. The normalized spacial score (nSPS) is 15.1. The average molecular weight is 367 g/mol. The van der Waals surface area contributed by atoms with Crippen LogP contribution in [0.25, 0.3) is 0 Å². The lowest BCUT2D eigenvalue weighted by molar-refractivity contribution is 0.592. The van der Waals surface area contributed by atoms with Crippen molar-refractivity contribution in [3.8, 4) is 6.07 Å². The molecule has 2 heterocycles. The molecule has 4 nitrogen and oxygen atoms in total. The van der Waals surface area contributed by atoms with E-state index < -0.39 is 0 Å². The minimum atomic E-state index is -0.364. The van der Waals surface area contributed by atoms with Crippen LogP contribution in [0.5, 0.6) is 0 Å². The monoisotopic (exact) mass is 366 g/mol. The first kappa shape index (κ1) is 14.3. The van der Waals surface area contributed by atoms with Crippen molar-refractivity contribution in [1.29, 1.82) is 5.26 Å². The van der Waals surface area contributed by atoms with Gasteiger partial charge in [0.15, 0.2) is 10.9 Å². The third-order valence-electron chi connectivity index (χ3n) is 3.49. The fourth-order valence-corrected chi connectivity index (χ4v) is 3.50. The molecule has 21 heavy (non-hydrogen) atoms. The van der Waals surface area contributed by atoms with Crippen molar-refractivity contribution in [2.75, 3.05) is 36.0 Å². The number of nitrogens with zero attached hydrogens (tertiary/aromatic N) is 4. The molecule has 0 spiro atoms. The zero-order chi connectivity index (χ0) is 14.8. The largest absolute Gasteiger partial charge is 0.366 e. The first-order valence-corrected chi connectivity index (χ1v) is 8.15. The van der Waals surface area contributed by atoms with E-state index in [1.165, 1.54) is 0 Å². The number of piperazine rings is 1. The molecule has 0 radical (unpaired) electrons. The summed E-state index contributed by atoms with van der Waals surface area (Å²) in [4.78, 5) is 8.51. The quantitative estimate of drug-likeness (QED) is 0.818. The molecular formula is C14H12BrFN4S. The molecule has 1 aromatic heterocycles. The number of hydrogen-bond acceptors (Lipinski definition) is 5. The van der Waals surface area contributed by atoms with E-state index in [0.717, 1.165) is 31.3 Å². The highest BCUT2D eigenvalue weighted by molar-refractivity contribution is 9.10. The maximum atomic E-state index is 14.3. The molecule has 1 fully saturated rings. The lowest BCUT2D eigenvalue weighted by Crippen LogP contribution is -2.46. The molecule has 1 aromatic carbocycles. The van der Waals surface area contributed by atoms with E-state index in [0.29, 0.717) is 11.3 Å². The molecular weight excluding hydrogens is 355 g/mol. The second-order valence-corrected chi connectivity index (χ2v) is 6.33. The summed E-state index contributed by atoms with van der Waals surface area (Å²) in [6, 6.07) is 5.30. The Morgan fingerprint density at radius 2 is 1.95 bits per heavy atom. The molecule has 0 saturated carbocycles. The lowest BCUT2D eigenvalue weighted by Gasteiger charge is -2.36. The first-order valence-electron chi connectivity index (χ1n) is 6.48. The Kier molecular flexibility index (Phi) is 4.08. The predicted octanol–water partition coefficient (Wildman–Crippen LogP) is 3.24. The van der Waals surface area contributed by atoms with Gasteiger partial charge in [-0.3, -0.25) is 0 Å². The number of hydrogen-bond donors (Lipinski definition) is 0. The highest BCUT2D eigenvalue weighted by atomic mass is 79.9. The molecule has 1 aliphatic rings. The van der Waals surface area contributed by atoms with Gasteiger partial charge in [-0.15, -0.1) is 11.3 Å². The third-order valence-corrected chi connectivity index (χ3v) is 5.10. The summed E-state index contributed by atoms with van der Waals surface area (Å²) in [5, 5.41) is 11.9. The van der Waals surface area contributed by atoms with Gasteiger partial charge in [0.2, 0.25) is 0 Å². The Morgan fingerprint density at radius 1 is 1.24 bits per heavy atom. The van der Waals surface area contributed by atoms with Crippen molar-refractivity contribution in [1.82, 2.24) is 4.98 Å². The Morgan fingerprint density at radius 3 is 2.57 bits per heavy atom. The van der Waals surface area contributed by atoms with Crippen molar-refractivity contribution in [2.45, 2.75) is 0 Å². The summed E-state index contributed by atoms with van der Waals surface area (Å²) in [5.41, 5.74) is 0.859. The number of halogens is 2. The molecule has 2 aromatic rings. The summed E-state index contributed by atoms with van der Waals surface area (Å²) in [6.07, 6.45) is 1.80. The highest BCUT2D eigenvalue weighted by Gasteiger charge is 2.22. The zero-order valence-electron chi connectivity index (χ0n) is 11.1. The van der Waals surface area contributed by atoms with Gasteiger partial charge in [-0.05, 0) is 28.1 Å². The number of anilines is 2. The van der Waals surface area contributed by atoms with E-state index in [4.69, 9.17) is 5.26 Å². The second kappa shape index (κ2) is 6.00. The van der Waals surface area contributed by atoms with Crippen LogP contribution < -0.4 is 9.80 Å².